The quantitative estimate of drug-likeness (QED) is 0.526. The number of dihydropyridines is 1. The Balaban J connectivity index is 2.69. The summed E-state index contributed by atoms with van der Waals surface area (Å²) in [6.45, 7) is 7.55. The molecule has 0 aliphatic carbocycles. The highest BCUT2D eigenvalue weighted by Gasteiger charge is 2.05. The van der Waals surface area contributed by atoms with E-state index in [0.29, 0.717) is 5.92 Å². The Hall–Kier alpha value is -0.590. The van der Waals surface area contributed by atoms with Gasteiger partial charge in [-0.1, -0.05) is 19.4 Å². The minimum Gasteiger partial charge on any atom is -0.289 e. The van der Waals surface area contributed by atoms with Gasteiger partial charge in [0, 0.05) is 12.3 Å². The Morgan fingerprint density at radius 2 is 2.20 bits per heavy atom. The molecule has 1 rings (SSSR count). The van der Waals surface area contributed by atoms with Crippen molar-refractivity contribution in [3.05, 3.63) is 11.6 Å². The molecule has 0 saturated heterocycles. The molecule has 0 unspecified atom stereocenters. The van der Waals surface area contributed by atoms with E-state index in [0.717, 1.165) is 13.0 Å². The van der Waals surface area contributed by atoms with Crippen LogP contribution in [-0.2, 0) is 0 Å². The maximum absolute atomic E-state index is 4.42. The summed E-state index contributed by atoms with van der Waals surface area (Å²) in [5, 5.41) is 0. The maximum atomic E-state index is 4.42. The molecule has 0 bridgehead atoms. The Morgan fingerprint density at radius 1 is 1.50 bits per heavy atom. The highest BCUT2D eigenvalue weighted by atomic mass is 14.7. The summed E-state index contributed by atoms with van der Waals surface area (Å²) in [4.78, 5) is 4.42. The van der Waals surface area contributed by atoms with Gasteiger partial charge < -0.3 is 0 Å². The van der Waals surface area contributed by atoms with Crippen LogP contribution in [0.3, 0.4) is 0 Å². The zero-order chi connectivity index (χ0) is 7.56. The van der Waals surface area contributed by atoms with Crippen LogP contribution in [0.1, 0.15) is 27.2 Å². The first kappa shape index (κ1) is 7.52. The molecule has 0 spiro atoms. The molecular formula is C9H15N. The highest BCUT2D eigenvalue weighted by Crippen LogP contribution is 2.11. The molecule has 0 saturated carbocycles. The van der Waals surface area contributed by atoms with Gasteiger partial charge in [-0.05, 0) is 25.3 Å². The highest BCUT2D eigenvalue weighted by molar-refractivity contribution is 5.97. The van der Waals surface area contributed by atoms with E-state index in [1.165, 1.54) is 11.3 Å². The van der Waals surface area contributed by atoms with E-state index < -0.39 is 0 Å². The number of rotatable bonds is 1. The fraction of sp³-hybridized carbons (Fsp3) is 0.667. The summed E-state index contributed by atoms with van der Waals surface area (Å²) >= 11 is 0. The Bertz CT molecular complexity index is 175. The van der Waals surface area contributed by atoms with Crippen molar-refractivity contribution in [3.8, 4) is 0 Å². The van der Waals surface area contributed by atoms with Crippen molar-refractivity contribution in [2.75, 3.05) is 6.54 Å². The van der Waals surface area contributed by atoms with Gasteiger partial charge in [0.25, 0.3) is 0 Å². The summed E-state index contributed by atoms with van der Waals surface area (Å²) in [6.07, 6.45) is 3.37. The lowest BCUT2D eigenvalue weighted by Crippen LogP contribution is -2.09. The first-order valence-corrected chi connectivity index (χ1v) is 3.91. The average molecular weight is 137 g/mol. The van der Waals surface area contributed by atoms with Gasteiger partial charge in [-0.25, -0.2) is 0 Å². The van der Waals surface area contributed by atoms with E-state index in [1.54, 1.807) is 0 Å². The van der Waals surface area contributed by atoms with Crippen molar-refractivity contribution in [2.24, 2.45) is 10.9 Å². The molecule has 0 atom stereocenters. The number of nitrogens with zero attached hydrogens (tertiary/aromatic N) is 1. The zero-order valence-corrected chi connectivity index (χ0v) is 7.02. The average Bonchev–Trinajstić information content (AvgIpc) is 1.88. The fourth-order valence-electron chi connectivity index (χ4n) is 1.08. The molecule has 56 valence electrons. The topological polar surface area (TPSA) is 12.4 Å². The van der Waals surface area contributed by atoms with Gasteiger partial charge in [0.15, 0.2) is 0 Å². The van der Waals surface area contributed by atoms with E-state index in [9.17, 15) is 0 Å². The normalized spacial score (nSPS) is 18.8. The maximum Gasteiger partial charge on any atom is 0.0429 e. The molecule has 10 heavy (non-hydrogen) atoms. The van der Waals surface area contributed by atoms with Crippen LogP contribution in [0.2, 0.25) is 0 Å². The lowest BCUT2D eigenvalue weighted by Gasteiger charge is -2.12. The van der Waals surface area contributed by atoms with Crippen LogP contribution in [0.15, 0.2) is 16.6 Å². The summed E-state index contributed by atoms with van der Waals surface area (Å²) in [7, 11) is 0. The van der Waals surface area contributed by atoms with E-state index in [-0.39, 0.29) is 0 Å². The van der Waals surface area contributed by atoms with Crippen molar-refractivity contribution in [3.63, 3.8) is 0 Å². The summed E-state index contributed by atoms with van der Waals surface area (Å²) < 4.78 is 0. The van der Waals surface area contributed by atoms with Crippen LogP contribution in [0, 0.1) is 5.92 Å². The minimum atomic E-state index is 0.593. The fourth-order valence-corrected chi connectivity index (χ4v) is 1.08. The summed E-state index contributed by atoms with van der Waals surface area (Å²) in [5.74, 6) is 0.593. The van der Waals surface area contributed by atoms with Gasteiger partial charge in [-0.3, -0.25) is 4.99 Å². The largest absolute Gasteiger partial charge is 0.289 e. The zero-order valence-electron chi connectivity index (χ0n) is 7.02. The van der Waals surface area contributed by atoms with Crippen molar-refractivity contribution in [1.29, 1.82) is 0 Å². The Morgan fingerprint density at radius 3 is 2.60 bits per heavy atom. The molecule has 0 aromatic rings. The lowest BCUT2D eigenvalue weighted by atomic mass is 10.0. The molecular weight excluding hydrogens is 122 g/mol. The molecule has 1 aliphatic rings. The van der Waals surface area contributed by atoms with Crippen molar-refractivity contribution in [2.45, 2.75) is 27.2 Å². The predicted molar refractivity (Wildman–Crippen MR) is 45.5 cm³/mol. The van der Waals surface area contributed by atoms with Crippen LogP contribution in [0.4, 0.5) is 0 Å². The summed E-state index contributed by atoms with van der Waals surface area (Å²) in [6, 6.07) is 0. The van der Waals surface area contributed by atoms with Gasteiger partial charge in [0.05, 0.1) is 0 Å². The van der Waals surface area contributed by atoms with Crippen LogP contribution in [-0.4, -0.2) is 12.3 Å². The summed E-state index contributed by atoms with van der Waals surface area (Å²) in [5.41, 5.74) is 2.74. The smallest absolute Gasteiger partial charge is 0.0429 e. The molecule has 0 radical (unpaired) electrons. The molecule has 1 heterocycles. The Labute approximate surface area is 62.9 Å². The van der Waals surface area contributed by atoms with Gasteiger partial charge >= 0.3 is 0 Å². The van der Waals surface area contributed by atoms with E-state index in [2.05, 4.69) is 31.8 Å². The number of aliphatic imine (C=N–C) groups is 1. The second-order valence-corrected chi connectivity index (χ2v) is 3.20. The first-order chi connectivity index (χ1) is 4.70. The molecule has 0 aromatic carbocycles. The predicted octanol–water partition coefficient (Wildman–Crippen LogP) is 2.43. The Kier molecular flexibility index (Phi) is 2.25. The number of hydrogen-bond donors (Lipinski definition) is 0. The van der Waals surface area contributed by atoms with Gasteiger partial charge in [0.1, 0.15) is 0 Å². The number of hydrogen-bond acceptors (Lipinski definition) is 1. The standard InChI is InChI=1S/C9H15N/c1-7(2)9-6-8(3)4-5-10-9/h6-7H,4-5H2,1-3H3. The second-order valence-electron chi connectivity index (χ2n) is 3.20. The van der Waals surface area contributed by atoms with Gasteiger partial charge in [-0.2, -0.15) is 0 Å². The van der Waals surface area contributed by atoms with Crippen LogP contribution < -0.4 is 0 Å². The molecule has 0 fully saturated rings. The van der Waals surface area contributed by atoms with Crippen molar-refractivity contribution >= 4 is 5.71 Å². The molecule has 0 aromatic heterocycles. The van der Waals surface area contributed by atoms with Crippen LogP contribution >= 0.6 is 0 Å². The third kappa shape index (κ3) is 1.69. The number of allylic oxidation sites excluding steroid dienone is 1. The first-order valence-electron chi connectivity index (χ1n) is 3.91. The molecule has 0 N–H and O–H groups in total. The molecule has 1 heteroatoms. The third-order valence-corrected chi connectivity index (χ3v) is 1.79. The van der Waals surface area contributed by atoms with Crippen LogP contribution in [0.25, 0.3) is 0 Å². The van der Waals surface area contributed by atoms with Crippen LogP contribution in [0.5, 0.6) is 0 Å². The third-order valence-electron chi connectivity index (χ3n) is 1.79. The molecule has 0 amide bonds. The SMILES string of the molecule is CC1=CC(C(C)C)=NCC1. The van der Waals surface area contributed by atoms with E-state index in [4.69, 9.17) is 0 Å². The van der Waals surface area contributed by atoms with Gasteiger partial charge in [0.2, 0.25) is 0 Å². The monoisotopic (exact) mass is 137 g/mol. The van der Waals surface area contributed by atoms with E-state index in [1.807, 2.05) is 0 Å². The second kappa shape index (κ2) is 3.00. The van der Waals surface area contributed by atoms with E-state index >= 15 is 0 Å². The minimum absolute atomic E-state index is 0.593. The molecule has 1 aliphatic heterocycles. The van der Waals surface area contributed by atoms with Crippen molar-refractivity contribution < 1.29 is 0 Å². The van der Waals surface area contributed by atoms with Gasteiger partial charge in [-0.15, -0.1) is 0 Å². The lowest BCUT2D eigenvalue weighted by molar-refractivity contribution is 0.844. The molecule has 1 nitrogen and oxygen atoms in total. The van der Waals surface area contributed by atoms with Crippen molar-refractivity contribution in [1.82, 2.24) is 0 Å².